The molecular weight excluding hydrogens is 552 g/mol. The summed E-state index contributed by atoms with van der Waals surface area (Å²) in [5.41, 5.74) is 11.2. The summed E-state index contributed by atoms with van der Waals surface area (Å²) >= 11 is 0. The first-order valence-corrected chi connectivity index (χ1v) is 18.8. The van der Waals surface area contributed by atoms with Gasteiger partial charge in [-0.05, 0) is 32.2 Å². The summed E-state index contributed by atoms with van der Waals surface area (Å²) in [7, 11) is 0. The van der Waals surface area contributed by atoms with Crippen LogP contribution in [0.3, 0.4) is 0 Å². The fourth-order valence-corrected chi connectivity index (χ4v) is 6.13. The summed E-state index contributed by atoms with van der Waals surface area (Å²) < 4.78 is 0. The average Bonchev–Trinajstić information content (AvgIpc) is 3.01. The van der Waals surface area contributed by atoms with E-state index < -0.39 is 24.0 Å². The second-order valence-electron chi connectivity index (χ2n) is 13.3. The van der Waals surface area contributed by atoms with Crippen molar-refractivity contribution < 1.29 is 24.6 Å². The number of unbranched alkanes of at least 4 members (excludes halogenated alkanes) is 23. The fraction of sp³-hybridized carbons (Fsp3) is 0.919. The topological polar surface area (TPSA) is 144 Å². The Bertz CT molecular complexity index is 687. The molecule has 0 heterocycles. The summed E-state index contributed by atoms with van der Waals surface area (Å²) in [6.07, 6.45) is 31.3. The molecule has 2 unspecified atom stereocenters. The first kappa shape index (κ1) is 42.7. The maximum Gasteiger partial charge on any atom is 0.321 e. The van der Waals surface area contributed by atoms with E-state index in [1.165, 1.54) is 109 Å². The number of aliphatic hydroxyl groups is 1. The van der Waals surface area contributed by atoms with Gasteiger partial charge in [-0.25, -0.2) is 0 Å². The van der Waals surface area contributed by atoms with Crippen molar-refractivity contribution in [1.82, 2.24) is 0 Å². The number of aliphatic hydroxyl groups excluding tert-OH is 1. The third-order valence-electron chi connectivity index (χ3n) is 9.16. The maximum absolute atomic E-state index is 12.3. The van der Waals surface area contributed by atoms with E-state index in [0.717, 1.165) is 51.4 Å². The molecule has 7 nitrogen and oxygen atoms in total. The molecule has 0 aliphatic carbocycles. The standard InChI is InChI=1S/C37H72N2O5/c1-2-3-4-5-6-7-8-9-13-16-19-22-25-28-34(41)35(42)29-26-23-20-17-14-11-10-12-15-18-21-24-27-33(40)32(30-31-38)36(39)37(43)44/h32,34,36,41H,2-31,38-39H2,1H3,(H,43,44)/t32?,34?,36-/m0/s1. The molecule has 0 radical (unpaired) electrons. The Hall–Kier alpha value is -1.31. The monoisotopic (exact) mass is 625 g/mol. The van der Waals surface area contributed by atoms with Gasteiger partial charge in [0.1, 0.15) is 17.9 Å². The molecule has 3 atom stereocenters. The fourth-order valence-electron chi connectivity index (χ4n) is 6.13. The molecule has 0 aromatic heterocycles. The summed E-state index contributed by atoms with van der Waals surface area (Å²) in [5.74, 6) is -1.86. The highest BCUT2D eigenvalue weighted by Gasteiger charge is 2.29. The molecule has 0 rings (SSSR count). The number of carbonyl (C=O) groups is 3. The zero-order valence-corrected chi connectivity index (χ0v) is 28.7. The Balaban J connectivity index is 3.48. The summed E-state index contributed by atoms with van der Waals surface area (Å²) in [6, 6.07) is -1.16. The van der Waals surface area contributed by atoms with Gasteiger partial charge in [0.2, 0.25) is 0 Å². The van der Waals surface area contributed by atoms with Gasteiger partial charge in [-0.15, -0.1) is 0 Å². The Kier molecular flexibility index (Phi) is 30.7. The van der Waals surface area contributed by atoms with Crippen molar-refractivity contribution in [3.05, 3.63) is 0 Å². The molecule has 0 amide bonds. The van der Waals surface area contributed by atoms with Crippen LogP contribution in [0, 0.1) is 5.92 Å². The van der Waals surface area contributed by atoms with Crippen molar-refractivity contribution in [2.75, 3.05) is 6.54 Å². The number of carboxylic acid groups (broad SMARTS) is 1. The minimum atomic E-state index is -1.16. The van der Waals surface area contributed by atoms with Crippen LogP contribution in [-0.4, -0.2) is 46.4 Å². The maximum atomic E-state index is 12.3. The van der Waals surface area contributed by atoms with E-state index in [4.69, 9.17) is 16.6 Å². The molecule has 6 N–H and O–H groups in total. The highest BCUT2D eigenvalue weighted by molar-refractivity contribution is 5.88. The Morgan fingerprint density at radius 2 is 0.864 bits per heavy atom. The molecule has 0 fully saturated rings. The molecule has 0 saturated carbocycles. The number of hydrogen-bond acceptors (Lipinski definition) is 6. The van der Waals surface area contributed by atoms with Crippen molar-refractivity contribution in [3.63, 3.8) is 0 Å². The van der Waals surface area contributed by atoms with Gasteiger partial charge in [-0.1, -0.05) is 155 Å². The zero-order chi connectivity index (χ0) is 32.7. The number of carbonyl (C=O) groups excluding carboxylic acids is 2. The lowest BCUT2D eigenvalue weighted by atomic mass is 9.89. The third kappa shape index (κ3) is 26.0. The van der Waals surface area contributed by atoms with Crippen molar-refractivity contribution in [3.8, 4) is 0 Å². The summed E-state index contributed by atoms with van der Waals surface area (Å²) in [6.45, 7) is 2.53. The van der Waals surface area contributed by atoms with E-state index in [2.05, 4.69) is 6.92 Å². The van der Waals surface area contributed by atoms with E-state index in [1.807, 2.05) is 0 Å². The number of carboxylic acids is 1. The van der Waals surface area contributed by atoms with E-state index in [0.29, 0.717) is 25.7 Å². The van der Waals surface area contributed by atoms with Gasteiger partial charge < -0.3 is 21.7 Å². The summed E-state index contributed by atoms with van der Waals surface area (Å²) in [5, 5.41) is 19.3. The van der Waals surface area contributed by atoms with E-state index in [-0.39, 0.29) is 18.1 Å². The molecule has 7 heteroatoms. The van der Waals surface area contributed by atoms with Crippen molar-refractivity contribution >= 4 is 17.5 Å². The van der Waals surface area contributed by atoms with Gasteiger partial charge >= 0.3 is 5.97 Å². The molecule has 0 saturated heterocycles. The minimum absolute atomic E-state index is 0.0347. The highest BCUT2D eigenvalue weighted by Crippen LogP contribution is 2.17. The average molecular weight is 625 g/mol. The first-order chi connectivity index (χ1) is 21.3. The van der Waals surface area contributed by atoms with Crippen LogP contribution in [0.5, 0.6) is 0 Å². The van der Waals surface area contributed by atoms with Crippen LogP contribution in [0.1, 0.15) is 193 Å². The molecular formula is C37H72N2O5. The van der Waals surface area contributed by atoms with E-state index in [9.17, 15) is 19.5 Å². The van der Waals surface area contributed by atoms with Gasteiger partial charge in [0.25, 0.3) is 0 Å². The van der Waals surface area contributed by atoms with Gasteiger partial charge in [0, 0.05) is 18.8 Å². The Morgan fingerprint density at radius 1 is 0.523 bits per heavy atom. The number of Topliss-reactive ketones (excluding diaryl/α,β-unsaturated/α-hetero) is 2. The second-order valence-corrected chi connectivity index (χ2v) is 13.3. The van der Waals surface area contributed by atoms with Crippen LogP contribution in [-0.2, 0) is 14.4 Å². The Labute approximate surface area is 271 Å². The van der Waals surface area contributed by atoms with Crippen LogP contribution in [0.15, 0.2) is 0 Å². The lowest BCUT2D eigenvalue weighted by Gasteiger charge is -2.18. The molecule has 0 aliphatic rings. The van der Waals surface area contributed by atoms with E-state index >= 15 is 0 Å². The molecule has 0 aliphatic heterocycles. The van der Waals surface area contributed by atoms with Gasteiger partial charge in [-0.3, -0.25) is 14.4 Å². The quantitative estimate of drug-likeness (QED) is 0.0516. The van der Waals surface area contributed by atoms with Gasteiger partial charge in [0.15, 0.2) is 5.78 Å². The molecule has 0 spiro atoms. The van der Waals surface area contributed by atoms with Crippen LogP contribution in [0.4, 0.5) is 0 Å². The zero-order valence-electron chi connectivity index (χ0n) is 28.7. The predicted molar refractivity (Wildman–Crippen MR) is 184 cm³/mol. The largest absolute Gasteiger partial charge is 0.480 e. The second kappa shape index (κ2) is 31.7. The lowest BCUT2D eigenvalue weighted by Crippen LogP contribution is -2.42. The van der Waals surface area contributed by atoms with Crippen molar-refractivity contribution in [1.29, 1.82) is 0 Å². The normalized spacial score (nSPS) is 13.5. The third-order valence-corrected chi connectivity index (χ3v) is 9.16. The van der Waals surface area contributed by atoms with Crippen molar-refractivity contribution in [2.45, 2.75) is 205 Å². The SMILES string of the molecule is CCCCCCCCCCCCCCCC(O)C(=O)CCCCCCCCCCCCCCC(=O)C(CCN)[C@H](N)C(=O)O. The van der Waals surface area contributed by atoms with Gasteiger partial charge in [0.05, 0.1) is 0 Å². The number of hydrogen-bond donors (Lipinski definition) is 4. The first-order valence-electron chi connectivity index (χ1n) is 18.8. The molecule has 260 valence electrons. The summed E-state index contributed by atoms with van der Waals surface area (Å²) in [4.78, 5) is 35.7. The Morgan fingerprint density at radius 3 is 1.23 bits per heavy atom. The number of nitrogens with two attached hydrogens (primary N) is 2. The van der Waals surface area contributed by atoms with Gasteiger partial charge in [-0.2, -0.15) is 0 Å². The van der Waals surface area contributed by atoms with Crippen molar-refractivity contribution in [2.24, 2.45) is 17.4 Å². The number of rotatable bonds is 35. The predicted octanol–water partition coefficient (Wildman–Crippen LogP) is 8.81. The van der Waals surface area contributed by atoms with E-state index in [1.54, 1.807) is 0 Å². The molecule has 0 aromatic rings. The van der Waals surface area contributed by atoms with Crippen LogP contribution in [0.2, 0.25) is 0 Å². The minimum Gasteiger partial charge on any atom is -0.480 e. The molecule has 0 bridgehead atoms. The number of ketones is 2. The van der Waals surface area contributed by atoms with Crippen LogP contribution >= 0.6 is 0 Å². The lowest BCUT2D eigenvalue weighted by molar-refractivity contribution is -0.142. The molecule has 0 aromatic carbocycles. The smallest absolute Gasteiger partial charge is 0.321 e. The van der Waals surface area contributed by atoms with Crippen LogP contribution < -0.4 is 11.5 Å². The van der Waals surface area contributed by atoms with Crippen LogP contribution in [0.25, 0.3) is 0 Å². The highest BCUT2D eigenvalue weighted by atomic mass is 16.4. The number of aliphatic carboxylic acids is 1. The molecule has 44 heavy (non-hydrogen) atoms.